The highest BCUT2D eigenvalue weighted by Gasteiger charge is 2.26. The van der Waals surface area contributed by atoms with Crippen molar-refractivity contribution in [3.05, 3.63) is 57.4 Å². The normalized spacial score (nSPS) is 15.1. The molecule has 1 aliphatic heterocycles. The summed E-state index contributed by atoms with van der Waals surface area (Å²) in [6.07, 6.45) is 2.63. The van der Waals surface area contributed by atoms with Gasteiger partial charge < -0.3 is 14.6 Å². The van der Waals surface area contributed by atoms with Crippen molar-refractivity contribution >= 4 is 39.3 Å². The summed E-state index contributed by atoms with van der Waals surface area (Å²) in [6, 6.07) is 11.0. The zero-order valence-electron chi connectivity index (χ0n) is 14.2. The molecule has 1 N–H and O–H groups in total. The Bertz CT molecular complexity index is 767. The lowest BCUT2D eigenvalue weighted by atomic mass is 10.0. The third-order valence-electron chi connectivity index (χ3n) is 4.49. The Hall–Kier alpha value is -1.79. The molecule has 0 spiro atoms. The van der Waals surface area contributed by atoms with Crippen molar-refractivity contribution in [1.29, 1.82) is 0 Å². The van der Waals surface area contributed by atoms with Gasteiger partial charge in [0, 0.05) is 30.6 Å². The summed E-state index contributed by atoms with van der Waals surface area (Å²) >= 11 is 9.07. The second kappa shape index (κ2) is 8.73. The van der Waals surface area contributed by atoms with Crippen LogP contribution in [-0.4, -0.2) is 35.8 Å². The van der Waals surface area contributed by atoms with Crippen LogP contribution in [0.2, 0.25) is 5.02 Å². The fourth-order valence-corrected chi connectivity index (χ4v) is 3.45. The molecule has 138 valence electrons. The number of carbonyl (C=O) groups excluding carboxylic acids is 2. The van der Waals surface area contributed by atoms with Crippen molar-refractivity contribution in [2.24, 2.45) is 0 Å². The average Bonchev–Trinajstić information content (AvgIpc) is 3.08. The number of carbonyl (C=O) groups is 2. The maximum atomic E-state index is 12.3. The van der Waals surface area contributed by atoms with E-state index in [4.69, 9.17) is 16.0 Å². The zero-order chi connectivity index (χ0) is 18.5. The molecule has 0 bridgehead atoms. The molecule has 2 amide bonds. The molecule has 3 rings (SSSR count). The standard InChI is InChI=1S/C19H20BrClN2O3/c20-17-7-6-16(26-17)19(25)23-11-9-15(10-12-23)22-18(24)8-3-13-1-4-14(21)5-2-13/h1-2,4-7,15H,3,8-12H2,(H,22,24). The van der Waals surface area contributed by atoms with Gasteiger partial charge >= 0.3 is 0 Å². The largest absolute Gasteiger partial charge is 0.444 e. The summed E-state index contributed by atoms with van der Waals surface area (Å²) < 4.78 is 5.86. The molecule has 26 heavy (non-hydrogen) atoms. The molecule has 7 heteroatoms. The molecule has 2 aromatic rings. The number of aryl methyl sites for hydroxylation is 1. The van der Waals surface area contributed by atoms with Gasteiger partial charge in [-0.15, -0.1) is 0 Å². The number of hydrogen-bond donors (Lipinski definition) is 1. The fraction of sp³-hybridized carbons (Fsp3) is 0.368. The van der Waals surface area contributed by atoms with Gasteiger partial charge in [-0.1, -0.05) is 23.7 Å². The van der Waals surface area contributed by atoms with E-state index >= 15 is 0 Å². The third-order valence-corrected chi connectivity index (χ3v) is 5.16. The van der Waals surface area contributed by atoms with E-state index < -0.39 is 0 Å². The van der Waals surface area contributed by atoms with Gasteiger partial charge in [-0.25, -0.2) is 0 Å². The second-order valence-electron chi connectivity index (χ2n) is 6.36. The molecule has 0 aliphatic carbocycles. The van der Waals surface area contributed by atoms with Crippen molar-refractivity contribution in [1.82, 2.24) is 10.2 Å². The van der Waals surface area contributed by atoms with Crippen LogP contribution in [0.4, 0.5) is 0 Å². The van der Waals surface area contributed by atoms with Crippen LogP contribution in [0, 0.1) is 0 Å². The summed E-state index contributed by atoms with van der Waals surface area (Å²) in [5, 5.41) is 3.77. The molecule has 0 unspecified atom stereocenters. The minimum Gasteiger partial charge on any atom is -0.444 e. The second-order valence-corrected chi connectivity index (χ2v) is 7.58. The van der Waals surface area contributed by atoms with E-state index in [1.54, 1.807) is 17.0 Å². The number of furan rings is 1. The van der Waals surface area contributed by atoms with Crippen LogP contribution < -0.4 is 5.32 Å². The van der Waals surface area contributed by atoms with E-state index in [-0.39, 0.29) is 17.9 Å². The number of nitrogens with zero attached hydrogens (tertiary/aromatic N) is 1. The Kier molecular flexibility index (Phi) is 6.38. The highest BCUT2D eigenvalue weighted by atomic mass is 79.9. The number of halogens is 2. The van der Waals surface area contributed by atoms with E-state index in [0.717, 1.165) is 18.4 Å². The maximum Gasteiger partial charge on any atom is 0.289 e. The van der Waals surface area contributed by atoms with Gasteiger partial charge in [0.2, 0.25) is 5.91 Å². The van der Waals surface area contributed by atoms with Crippen LogP contribution in [0.3, 0.4) is 0 Å². The predicted octanol–water partition coefficient (Wildman–Crippen LogP) is 4.05. The molecule has 5 nitrogen and oxygen atoms in total. The first kappa shape index (κ1) is 19.0. The van der Waals surface area contributed by atoms with Crippen LogP contribution in [0.5, 0.6) is 0 Å². The minimum absolute atomic E-state index is 0.0414. The van der Waals surface area contributed by atoms with Crippen molar-refractivity contribution < 1.29 is 14.0 Å². The fourth-order valence-electron chi connectivity index (χ4n) is 3.02. The van der Waals surface area contributed by atoms with Gasteiger partial charge in [0.05, 0.1) is 0 Å². The van der Waals surface area contributed by atoms with Crippen molar-refractivity contribution in [3.8, 4) is 0 Å². The summed E-state index contributed by atoms with van der Waals surface area (Å²) in [7, 11) is 0. The van der Waals surface area contributed by atoms with Crippen molar-refractivity contribution in [3.63, 3.8) is 0 Å². The Labute approximate surface area is 165 Å². The highest BCUT2D eigenvalue weighted by Crippen LogP contribution is 2.19. The highest BCUT2D eigenvalue weighted by molar-refractivity contribution is 9.10. The number of rotatable bonds is 5. The van der Waals surface area contributed by atoms with Gasteiger partial charge in [0.1, 0.15) is 0 Å². The Morgan fingerprint density at radius 1 is 1.15 bits per heavy atom. The molecular weight excluding hydrogens is 420 g/mol. The van der Waals surface area contributed by atoms with E-state index in [0.29, 0.717) is 41.4 Å². The van der Waals surface area contributed by atoms with Crippen LogP contribution >= 0.6 is 27.5 Å². The Morgan fingerprint density at radius 2 is 1.85 bits per heavy atom. The number of nitrogens with one attached hydrogen (secondary N) is 1. The number of benzene rings is 1. The van der Waals surface area contributed by atoms with Gasteiger partial charge in [-0.05, 0) is 65.0 Å². The first-order valence-electron chi connectivity index (χ1n) is 8.59. The van der Waals surface area contributed by atoms with Gasteiger partial charge in [-0.3, -0.25) is 9.59 Å². The lowest BCUT2D eigenvalue weighted by Crippen LogP contribution is -2.46. The molecule has 1 aromatic carbocycles. The van der Waals surface area contributed by atoms with E-state index in [1.165, 1.54) is 0 Å². The third kappa shape index (κ3) is 5.11. The molecule has 1 fully saturated rings. The van der Waals surface area contributed by atoms with E-state index in [9.17, 15) is 9.59 Å². The maximum absolute atomic E-state index is 12.3. The van der Waals surface area contributed by atoms with Crippen molar-refractivity contribution in [2.75, 3.05) is 13.1 Å². The molecule has 1 saturated heterocycles. The quantitative estimate of drug-likeness (QED) is 0.764. The monoisotopic (exact) mass is 438 g/mol. The number of hydrogen-bond acceptors (Lipinski definition) is 3. The van der Waals surface area contributed by atoms with Gasteiger partial charge in [0.25, 0.3) is 5.91 Å². The van der Waals surface area contributed by atoms with Crippen LogP contribution in [-0.2, 0) is 11.2 Å². The topological polar surface area (TPSA) is 62.6 Å². The summed E-state index contributed by atoms with van der Waals surface area (Å²) in [4.78, 5) is 26.3. The molecule has 0 saturated carbocycles. The van der Waals surface area contributed by atoms with Crippen LogP contribution in [0.25, 0.3) is 0 Å². The molecule has 0 radical (unpaired) electrons. The predicted molar refractivity (Wildman–Crippen MR) is 103 cm³/mol. The van der Waals surface area contributed by atoms with Crippen molar-refractivity contribution in [2.45, 2.75) is 31.7 Å². The SMILES string of the molecule is O=C(CCc1ccc(Cl)cc1)NC1CCN(C(=O)c2ccc(Br)o2)CC1. The molecular formula is C19H20BrClN2O3. The Morgan fingerprint density at radius 3 is 2.46 bits per heavy atom. The van der Waals surface area contributed by atoms with Crippen LogP contribution in [0.15, 0.2) is 45.5 Å². The zero-order valence-corrected chi connectivity index (χ0v) is 16.6. The summed E-state index contributed by atoms with van der Waals surface area (Å²) in [6.45, 7) is 1.22. The van der Waals surface area contributed by atoms with Crippen LogP contribution in [0.1, 0.15) is 35.4 Å². The number of likely N-dealkylation sites (tertiary alicyclic amines) is 1. The molecule has 1 aliphatic rings. The number of piperidine rings is 1. The molecule has 1 aromatic heterocycles. The smallest absolute Gasteiger partial charge is 0.289 e. The Balaban J connectivity index is 1.41. The lowest BCUT2D eigenvalue weighted by molar-refractivity contribution is -0.122. The lowest BCUT2D eigenvalue weighted by Gasteiger charge is -2.31. The first-order valence-corrected chi connectivity index (χ1v) is 9.77. The van der Waals surface area contributed by atoms with Gasteiger partial charge in [-0.2, -0.15) is 0 Å². The minimum atomic E-state index is -0.108. The molecule has 2 heterocycles. The van der Waals surface area contributed by atoms with E-state index in [1.807, 2.05) is 24.3 Å². The first-order chi connectivity index (χ1) is 12.5. The van der Waals surface area contributed by atoms with E-state index in [2.05, 4.69) is 21.2 Å². The number of amides is 2. The summed E-state index contributed by atoms with van der Waals surface area (Å²) in [5.41, 5.74) is 1.09. The van der Waals surface area contributed by atoms with Gasteiger partial charge in [0.15, 0.2) is 10.4 Å². The summed E-state index contributed by atoms with van der Waals surface area (Å²) in [5.74, 6) is 0.269. The molecule has 0 atom stereocenters. The average molecular weight is 440 g/mol.